The molecule has 0 aliphatic carbocycles. The van der Waals surface area contributed by atoms with Crippen LogP contribution in [0.15, 0.2) is 54.6 Å². The van der Waals surface area contributed by atoms with Gasteiger partial charge in [-0.15, -0.1) is 0 Å². The zero-order valence-corrected chi connectivity index (χ0v) is 15.4. The molecule has 1 aliphatic heterocycles. The van der Waals surface area contributed by atoms with E-state index < -0.39 is 0 Å². The molecule has 1 heterocycles. The molecule has 0 radical (unpaired) electrons. The minimum absolute atomic E-state index is 0.0130. The quantitative estimate of drug-likeness (QED) is 0.854. The van der Waals surface area contributed by atoms with Gasteiger partial charge in [0.1, 0.15) is 5.75 Å². The van der Waals surface area contributed by atoms with E-state index in [1.807, 2.05) is 54.6 Å². The number of hydrogen-bond donors (Lipinski definition) is 1. The van der Waals surface area contributed by atoms with E-state index in [1.54, 1.807) is 0 Å². The first-order valence-corrected chi connectivity index (χ1v) is 9.10. The molecule has 0 aromatic heterocycles. The fourth-order valence-corrected chi connectivity index (χ4v) is 3.21. The van der Waals surface area contributed by atoms with Crippen molar-refractivity contribution in [2.24, 2.45) is 0 Å². The number of anilines is 1. The van der Waals surface area contributed by atoms with Gasteiger partial charge in [-0.1, -0.05) is 30.3 Å². The summed E-state index contributed by atoms with van der Waals surface area (Å²) in [5.41, 5.74) is 0.685. The van der Waals surface area contributed by atoms with Gasteiger partial charge in [-0.05, 0) is 38.1 Å². The molecule has 2 aromatic carbocycles. The predicted octanol–water partition coefficient (Wildman–Crippen LogP) is 3.92. The third-order valence-electron chi connectivity index (χ3n) is 4.28. The molecule has 0 spiro atoms. The van der Waals surface area contributed by atoms with Crippen molar-refractivity contribution in [2.45, 2.75) is 32.5 Å². The second-order valence-corrected chi connectivity index (χ2v) is 6.73. The van der Waals surface area contributed by atoms with E-state index in [2.05, 4.69) is 24.1 Å². The molecular weight excluding hydrogens is 328 g/mol. The van der Waals surface area contributed by atoms with Crippen molar-refractivity contribution in [3.8, 4) is 11.5 Å². The second kappa shape index (κ2) is 8.83. The van der Waals surface area contributed by atoms with Crippen LogP contribution >= 0.6 is 0 Å². The van der Waals surface area contributed by atoms with Crippen LogP contribution in [-0.2, 0) is 9.53 Å². The minimum atomic E-state index is -0.0130. The highest BCUT2D eigenvalue weighted by molar-refractivity contribution is 5.92. The molecule has 138 valence electrons. The van der Waals surface area contributed by atoms with Crippen molar-refractivity contribution >= 4 is 11.6 Å². The van der Waals surface area contributed by atoms with E-state index in [1.165, 1.54) is 0 Å². The number of morpholine rings is 1. The lowest BCUT2D eigenvalue weighted by atomic mass is 10.2. The average Bonchev–Trinajstić information content (AvgIpc) is 2.62. The Bertz CT molecular complexity index is 710. The van der Waals surface area contributed by atoms with Crippen LogP contribution in [-0.4, -0.2) is 42.6 Å². The topological polar surface area (TPSA) is 50.8 Å². The number of benzene rings is 2. The predicted molar refractivity (Wildman–Crippen MR) is 103 cm³/mol. The highest BCUT2D eigenvalue weighted by Gasteiger charge is 2.22. The fraction of sp³-hybridized carbons (Fsp3) is 0.381. The Morgan fingerprint density at radius 1 is 1.08 bits per heavy atom. The van der Waals surface area contributed by atoms with Crippen molar-refractivity contribution < 1.29 is 14.3 Å². The van der Waals surface area contributed by atoms with Gasteiger partial charge in [-0.25, -0.2) is 0 Å². The van der Waals surface area contributed by atoms with Gasteiger partial charge in [0.25, 0.3) is 0 Å². The maximum atomic E-state index is 12.4. The molecule has 5 nitrogen and oxygen atoms in total. The number of amides is 1. The summed E-state index contributed by atoms with van der Waals surface area (Å²) in [6.07, 6.45) is 0.864. The van der Waals surface area contributed by atoms with E-state index in [9.17, 15) is 4.79 Å². The van der Waals surface area contributed by atoms with Gasteiger partial charge in [0, 0.05) is 26.1 Å². The van der Waals surface area contributed by atoms with E-state index in [4.69, 9.17) is 9.47 Å². The number of carbonyl (C=O) groups is 1. The third kappa shape index (κ3) is 5.31. The van der Waals surface area contributed by atoms with Gasteiger partial charge in [0.15, 0.2) is 5.75 Å². The van der Waals surface area contributed by atoms with Gasteiger partial charge >= 0.3 is 0 Å². The van der Waals surface area contributed by atoms with E-state index in [0.717, 1.165) is 25.4 Å². The Morgan fingerprint density at radius 2 is 1.73 bits per heavy atom. The lowest BCUT2D eigenvalue weighted by molar-refractivity contribution is -0.117. The van der Waals surface area contributed by atoms with Gasteiger partial charge in [0.05, 0.1) is 17.9 Å². The van der Waals surface area contributed by atoms with E-state index in [-0.39, 0.29) is 18.1 Å². The van der Waals surface area contributed by atoms with Crippen LogP contribution in [0.4, 0.5) is 5.69 Å². The Balaban J connectivity index is 1.56. The minimum Gasteiger partial charge on any atom is -0.455 e. The summed E-state index contributed by atoms with van der Waals surface area (Å²) in [6.45, 7) is 6.60. The summed E-state index contributed by atoms with van der Waals surface area (Å²) in [5.74, 6) is 1.37. The summed E-state index contributed by atoms with van der Waals surface area (Å²) >= 11 is 0. The molecule has 1 amide bonds. The number of para-hydroxylation sites is 3. The maximum Gasteiger partial charge on any atom is 0.225 e. The lowest BCUT2D eigenvalue weighted by Crippen LogP contribution is -2.46. The third-order valence-corrected chi connectivity index (χ3v) is 4.28. The van der Waals surface area contributed by atoms with E-state index >= 15 is 0 Å². The second-order valence-electron chi connectivity index (χ2n) is 6.73. The first-order valence-electron chi connectivity index (χ1n) is 9.10. The van der Waals surface area contributed by atoms with Crippen molar-refractivity contribution in [1.82, 2.24) is 4.90 Å². The van der Waals surface area contributed by atoms with Crippen LogP contribution in [0.25, 0.3) is 0 Å². The highest BCUT2D eigenvalue weighted by Crippen LogP contribution is 2.29. The summed E-state index contributed by atoms with van der Waals surface area (Å²) in [4.78, 5) is 14.7. The molecule has 2 aromatic rings. The van der Waals surface area contributed by atoms with Crippen LogP contribution < -0.4 is 10.1 Å². The van der Waals surface area contributed by atoms with Crippen LogP contribution in [0.1, 0.15) is 20.3 Å². The van der Waals surface area contributed by atoms with Gasteiger partial charge in [-0.2, -0.15) is 0 Å². The zero-order valence-electron chi connectivity index (χ0n) is 15.4. The standard InChI is InChI=1S/C21H26N2O3/c1-16-14-23(15-17(2)25-16)13-12-21(24)22-19-10-6-7-11-20(19)26-18-8-4-3-5-9-18/h3-11,16-17H,12-15H2,1-2H3,(H,22,24)/t16-,17-/m1/s1. The number of nitrogens with zero attached hydrogens (tertiary/aromatic N) is 1. The van der Waals surface area contributed by atoms with Gasteiger partial charge in [0.2, 0.25) is 5.91 Å². The summed E-state index contributed by atoms with van der Waals surface area (Å²) in [7, 11) is 0. The number of carbonyl (C=O) groups excluding carboxylic acids is 1. The number of hydrogen-bond acceptors (Lipinski definition) is 4. The molecule has 1 saturated heterocycles. The van der Waals surface area contributed by atoms with Crippen molar-refractivity contribution in [3.63, 3.8) is 0 Å². The van der Waals surface area contributed by atoms with Crippen LogP contribution in [0.2, 0.25) is 0 Å². The molecule has 0 bridgehead atoms. The number of ether oxygens (including phenoxy) is 2. The summed E-state index contributed by atoms with van der Waals surface area (Å²) in [5, 5.41) is 2.97. The van der Waals surface area contributed by atoms with Gasteiger partial charge < -0.3 is 14.8 Å². The first kappa shape index (κ1) is 18.4. The molecule has 0 saturated carbocycles. The Hall–Kier alpha value is -2.37. The van der Waals surface area contributed by atoms with Gasteiger partial charge in [-0.3, -0.25) is 9.69 Å². The summed E-state index contributed by atoms with van der Waals surface area (Å²) < 4.78 is 11.6. The molecule has 2 atom stereocenters. The molecule has 0 unspecified atom stereocenters. The monoisotopic (exact) mass is 354 g/mol. The Labute approximate surface area is 154 Å². The zero-order chi connectivity index (χ0) is 18.4. The van der Waals surface area contributed by atoms with Crippen LogP contribution in [0.3, 0.4) is 0 Å². The Kier molecular flexibility index (Phi) is 6.26. The van der Waals surface area contributed by atoms with E-state index in [0.29, 0.717) is 17.9 Å². The van der Waals surface area contributed by atoms with Crippen LogP contribution in [0.5, 0.6) is 11.5 Å². The smallest absolute Gasteiger partial charge is 0.225 e. The normalized spacial score (nSPS) is 20.5. The number of rotatable bonds is 6. The van der Waals surface area contributed by atoms with Crippen molar-refractivity contribution in [3.05, 3.63) is 54.6 Å². The molecule has 1 N–H and O–H groups in total. The number of nitrogens with one attached hydrogen (secondary N) is 1. The SMILES string of the molecule is C[C@@H]1CN(CCC(=O)Nc2ccccc2Oc2ccccc2)C[C@@H](C)O1. The molecule has 26 heavy (non-hydrogen) atoms. The molecule has 5 heteroatoms. The van der Waals surface area contributed by atoms with Crippen molar-refractivity contribution in [1.29, 1.82) is 0 Å². The molecule has 1 aliphatic rings. The average molecular weight is 354 g/mol. The highest BCUT2D eigenvalue weighted by atomic mass is 16.5. The largest absolute Gasteiger partial charge is 0.455 e. The maximum absolute atomic E-state index is 12.4. The lowest BCUT2D eigenvalue weighted by Gasteiger charge is -2.35. The van der Waals surface area contributed by atoms with Crippen LogP contribution in [0, 0.1) is 0 Å². The molecule has 3 rings (SSSR count). The fourth-order valence-electron chi connectivity index (χ4n) is 3.21. The van der Waals surface area contributed by atoms with Crippen molar-refractivity contribution in [2.75, 3.05) is 25.0 Å². The molecular formula is C21H26N2O3. The Morgan fingerprint density at radius 3 is 2.46 bits per heavy atom. The first-order chi connectivity index (χ1) is 12.6. The summed E-state index contributed by atoms with van der Waals surface area (Å²) in [6, 6.07) is 17.0. The molecule has 1 fully saturated rings.